The van der Waals surface area contributed by atoms with Crippen LogP contribution in [0, 0.1) is 5.92 Å². The molecule has 0 bridgehead atoms. The van der Waals surface area contributed by atoms with Crippen molar-refractivity contribution in [2.75, 3.05) is 33.9 Å². The molecule has 0 saturated carbocycles. The highest BCUT2D eigenvalue weighted by Crippen LogP contribution is 2.33. The fraction of sp³-hybridized carbons (Fsp3) is 0.647. The second-order valence-electron chi connectivity index (χ2n) is 5.93. The number of benzene rings is 1. The Bertz CT molecular complexity index is 450. The van der Waals surface area contributed by atoms with Gasteiger partial charge in [-0.2, -0.15) is 0 Å². The molecule has 1 fully saturated rings. The van der Waals surface area contributed by atoms with Gasteiger partial charge in [0.1, 0.15) is 11.5 Å². The van der Waals surface area contributed by atoms with Gasteiger partial charge in [-0.3, -0.25) is 4.90 Å². The summed E-state index contributed by atoms with van der Waals surface area (Å²) < 4.78 is 10.8. The predicted octanol–water partition coefficient (Wildman–Crippen LogP) is 2.83. The van der Waals surface area contributed by atoms with Crippen LogP contribution in [0.15, 0.2) is 18.2 Å². The summed E-state index contributed by atoms with van der Waals surface area (Å²) in [6, 6.07) is 6.24. The highest BCUT2D eigenvalue weighted by molar-refractivity contribution is 5.42. The van der Waals surface area contributed by atoms with Crippen LogP contribution >= 0.6 is 0 Å². The van der Waals surface area contributed by atoms with Crippen LogP contribution in [0.3, 0.4) is 0 Å². The SMILES string of the molecule is COc1ccc(C(CN)N2CCCC(C)CC2)c(OC)c1. The normalized spacial score (nSPS) is 21.6. The first kappa shape index (κ1) is 16.1. The first-order valence-corrected chi connectivity index (χ1v) is 7.85. The van der Waals surface area contributed by atoms with Gasteiger partial charge in [-0.25, -0.2) is 0 Å². The van der Waals surface area contributed by atoms with E-state index in [-0.39, 0.29) is 6.04 Å². The maximum absolute atomic E-state index is 6.09. The molecule has 0 amide bonds. The van der Waals surface area contributed by atoms with E-state index >= 15 is 0 Å². The van der Waals surface area contributed by atoms with Crippen LogP contribution in [-0.4, -0.2) is 38.8 Å². The number of hydrogen-bond donors (Lipinski definition) is 1. The third-order valence-corrected chi connectivity index (χ3v) is 4.52. The molecule has 2 N–H and O–H groups in total. The summed E-state index contributed by atoms with van der Waals surface area (Å²) in [5, 5.41) is 0. The van der Waals surface area contributed by atoms with Gasteiger partial charge < -0.3 is 15.2 Å². The monoisotopic (exact) mass is 292 g/mol. The number of rotatable bonds is 5. The minimum Gasteiger partial charge on any atom is -0.497 e. The van der Waals surface area contributed by atoms with Crippen molar-refractivity contribution < 1.29 is 9.47 Å². The van der Waals surface area contributed by atoms with Gasteiger partial charge in [-0.15, -0.1) is 0 Å². The molecule has 2 unspecified atom stereocenters. The molecule has 1 saturated heterocycles. The molecule has 0 spiro atoms. The highest BCUT2D eigenvalue weighted by Gasteiger charge is 2.24. The Labute approximate surface area is 128 Å². The lowest BCUT2D eigenvalue weighted by Gasteiger charge is -2.31. The molecular weight excluding hydrogens is 264 g/mol. The lowest BCUT2D eigenvalue weighted by atomic mass is 10.0. The van der Waals surface area contributed by atoms with E-state index in [1.54, 1.807) is 14.2 Å². The van der Waals surface area contributed by atoms with E-state index in [1.807, 2.05) is 12.1 Å². The number of likely N-dealkylation sites (tertiary alicyclic amines) is 1. The molecule has 2 atom stereocenters. The van der Waals surface area contributed by atoms with Gasteiger partial charge in [0.2, 0.25) is 0 Å². The predicted molar refractivity (Wildman–Crippen MR) is 85.9 cm³/mol. The fourth-order valence-corrected chi connectivity index (χ4v) is 3.16. The molecule has 1 aromatic carbocycles. The number of ether oxygens (including phenoxy) is 2. The van der Waals surface area contributed by atoms with Crippen LogP contribution in [0.5, 0.6) is 11.5 Å². The smallest absolute Gasteiger partial charge is 0.127 e. The second-order valence-corrected chi connectivity index (χ2v) is 5.93. The average Bonchev–Trinajstić information content (AvgIpc) is 2.73. The summed E-state index contributed by atoms with van der Waals surface area (Å²) in [5.41, 5.74) is 7.25. The average molecular weight is 292 g/mol. The van der Waals surface area contributed by atoms with Crippen molar-refractivity contribution in [2.24, 2.45) is 11.7 Å². The molecule has 0 radical (unpaired) electrons. The first-order chi connectivity index (χ1) is 10.2. The van der Waals surface area contributed by atoms with Crippen molar-refractivity contribution in [3.8, 4) is 11.5 Å². The largest absolute Gasteiger partial charge is 0.497 e. The zero-order valence-corrected chi connectivity index (χ0v) is 13.5. The lowest BCUT2D eigenvalue weighted by molar-refractivity contribution is 0.203. The topological polar surface area (TPSA) is 47.7 Å². The van der Waals surface area contributed by atoms with Crippen LogP contribution < -0.4 is 15.2 Å². The Balaban J connectivity index is 2.23. The maximum atomic E-state index is 6.09. The van der Waals surface area contributed by atoms with Gasteiger partial charge in [-0.05, 0) is 44.3 Å². The first-order valence-electron chi connectivity index (χ1n) is 7.85. The summed E-state index contributed by atoms with van der Waals surface area (Å²) in [4.78, 5) is 2.51. The van der Waals surface area contributed by atoms with Crippen molar-refractivity contribution >= 4 is 0 Å². The standard InChI is InChI=1S/C17H28N2O2/c1-13-5-4-9-19(10-8-13)16(12-18)15-7-6-14(20-2)11-17(15)21-3/h6-7,11,13,16H,4-5,8-10,12,18H2,1-3H3. The Morgan fingerprint density at radius 1 is 1.24 bits per heavy atom. The van der Waals surface area contributed by atoms with E-state index in [0.717, 1.165) is 36.1 Å². The van der Waals surface area contributed by atoms with E-state index in [0.29, 0.717) is 6.54 Å². The molecule has 1 aromatic rings. The van der Waals surface area contributed by atoms with Gasteiger partial charge in [0, 0.05) is 18.2 Å². The van der Waals surface area contributed by atoms with Crippen LogP contribution in [0.1, 0.15) is 37.8 Å². The Morgan fingerprint density at radius 3 is 2.71 bits per heavy atom. The number of hydrogen-bond acceptors (Lipinski definition) is 4. The van der Waals surface area contributed by atoms with Gasteiger partial charge in [0.15, 0.2) is 0 Å². The van der Waals surface area contributed by atoms with Crippen LogP contribution in [0.25, 0.3) is 0 Å². The number of nitrogens with two attached hydrogens (primary N) is 1. The lowest BCUT2D eigenvalue weighted by Crippen LogP contribution is -2.34. The number of methoxy groups -OCH3 is 2. The van der Waals surface area contributed by atoms with E-state index in [9.17, 15) is 0 Å². The summed E-state index contributed by atoms with van der Waals surface area (Å²) in [6.45, 7) is 5.17. The molecule has 1 aliphatic heterocycles. The highest BCUT2D eigenvalue weighted by atomic mass is 16.5. The number of nitrogens with zero attached hydrogens (tertiary/aromatic N) is 1. The van der Waals surface area contributed by atoms with Crippen LogP contribution in [0.4, 0.5) is 0 Å². The molecule has 2 rings (SSSR count). The van der Waals surface area contributed by atoms with Crippen molar-refractivity contribution in [3.05, 3.63) is 23.8 Å². The van der Waals surface area contributed by atoms with Gasteiger partial charge in [0.25, 0.3) is 0 Å². The third-order valence-electron chi connectivity index (χ3n) is 4.52. The van der Waals surface area contributed by atoms with E-state index in [2.05, 4.69) is 17.9 Å². The molecule has 4 heteroatoms. The molecule has 0 aromatic heterocycles. The van der Waals surface area contributed by atoms with Crippen LogP contribution in [-0.2, 0) is 0 Å². The maximum Gasteiger partial charge on any atom is 0.127 e. The molecule has 4 nitrogen and oxygen atoms in total. The minimum absolute atomic E-state index is 0.219. The van der Waals surface area contributed by atoms with E-state index in [4.69, 9.17) is 15.2 Å². The van der Waals surface area contributed by atoms with Gasteiger partial charge in [-0.1, -0.05) is 13.0 Å². The Hall–Kier alpha value is -1.26. The van der Waals surface area contributed by atoms with Gasteiger partial charge >= 0.3 is 0 Å². The molecule has 118 valence electrons. The molecule has 1 aliphatic rings. The Morgan fingerprint density at radius 2 is 2.05 bits per heavy atom. The van der Waals surface area contributed by atoms with Gasteiger partial charge in [0.05, 0.1) is 20.3 Å². The summed E-state index contributed by atoms with van der Waals surface area (Å²) in [6.07, 6.45) is 3.80. The molecule has 21 heavy (non-hydrogen) atoms. The zero-order valence-electron chi connectivity index (χ0n) is 13.5. The van der Waals surface area contributed by atoms with Crippen molar-refractivity contribution in [1.29, 1.82) is 0 Å². The van der Waals surface area contributed by atoms with Crippen molar-refractivity contribution in [2.45, 2.75) is 32.2 Å². The summed E-state index contributed by atoms with van der Waals surface area (Å²) >= 11 is 0. The summed E-state index contributed by atoms with van der Waals surface area (Å²) in [7, 11) is 3.38. The molecule has 0 aliphatic carbocycles. The summed E-state index contributed by atoms with van der Waals surface area (Å²) in [5.74, 6) is 2.49. The van der Waals surface area contributed by atoms with E-state index < -0.39 is 0 Å². The van der Waals surface area contributed by atoms with Crippen molar-refractivity contribution in [3.63, 3.8) is 0 Å². The minimum atomic E-state index is 0.219. The van der Waals surface area contributed by atoms with E-state index in [1.165, 1.54) is 19.3 Å². The van der Waals surface area contributed by atoms with Crippen LogP contribution in [0.2, 0.25) is 0 Å². The molecule has 1 heterocycles. The second kappa shape index (κ2) is 7.66. The third kappa shape index (κ3) is 3.89. The Kier molecular flexibility index (Phi) is 5.88. The quantitative estimate of drug-likeness (QED) is 0.906. The fourth-order valence-electron chi connectivity index (χ4n) is 3.16. The zero-order chi connectivity index (χ0) is 15.2. The van der Waals surface area contributed by atoms with Crippen molar-refractivity contribution in [1.82, 2.24) is 4.90 Å². The molecular formula is C17H28N2O2.